The molecule has 1 aromatic carbocycles. The van der Waals surface area contributed by atoms with Gasteiger partial charge in [-0.15, -0.1) is 12.3 Å². The summed E-state index contributed by atoms with van der Waals surface area (Å²) in [4.78, 5) is 33.8. The Morgan fingerprint density at radius 2 is 1.89 bits per heavy atom. The molecule has 0 spiro atoms. The van der Waals surface area contributed by atoms with Crippen LogP contribution < -0.4 is 5.32 Å². The van der Waals surface area contributed by atoms with Gasteiger partial charge in [0, 0.05) is 50.6 Å². The van der Waals surface area contributed by atoms with Crippen molar-refractivity contribution in [3.63, 3.8) is 0 Å². The highest BCUT2D eigenvalue weighted by atomic mass is 16.3. The maximum absolute atomic E-state index is 13.8. The molecule has 0 bridgehead atoms. The smallest absolute Gasteiger partial charge is 0.249 e. The molecule has 1 unspecified atom stereocenters. The van der Waals surface area contributed by atoms with Gasteiger partial charge in [-0.3, -0.25) is 14.6 Å². The SMILES string of the molecule is C#CCCC1(CCC(=O)N(C2CC(CO)C2)C(C(=O)NC2CC2)c2cc(-c3ccccc3)ccn2)N=N1. The second-order valence-corrected chi connectivity index (χ2v) is 10.4. The van der Waals surface area contributed by atoms with E-state index >= 15 is 0 Å². The van der Waals surface area contributed by atoms with Gasteiger partial charge in [0.2, 0.25) is 11.8 Å². The number of pyridine rings is 1. The third-order valence-electron chi connectivity index (χ3n) is 7.56. The molecule has 2 amide bonds. The minimum atomic E-state index is -0.851. The van der Waals surface area contributed by atoms with Crippen LogP contribution in [0.1, 0.15) is 63.1 Å². The number of aliphatic hydroxyl groups is 1. The van der Waals surface area contributed by atoms with Gasteiger partial charge in [-0.1, -0.05) is 30.3 Å². The van der Waals surface area contributed by atoms with E-state index in [-0.39, 0.29) is 42.8 Å². The van der Waals surface area contributed by atoms with E-state index < -0.39 is 11.7 Å². The van der Waals surface area contributed by atoms with Crippen molar-refractivity contribution in [2.75, 3.05) is 6.61 Å². The van der Waals surface area contributed by atoms with Crippen molar-refractivity contribution in [1.29, 1.82) is 0 Å². The fraction of sp³-hybridized carbons (Fsp3) is 0.483. The summed E-state index contributed by atoms with van der Waals surface area (Å²) in [5.41, 5.74) is 1.93. The average molecular weight is 500 g/mol. The van der Waals surface area contributed by atoms with Crippen molar-refractivity contribution in [2.24, 2.45) is 16.1 Å². The van der Waals surface area contributed by atoms with Crippen LogP contribution in [0.3, 0.4) is 0 Å². The molecule has 0 saturated heterocycles. The lowest BCUT2D eigenvalue weighted by molar-refractivity contribution is -0.148. The summed E-state index contributed by atoms with van der Waals surface area (Å²) < 4.78 is 0. The van der Waals surface area contributed by atoms with E-state index in [4.69, 9.17) is 6.42 Å². The van der Waals surface area contributed by atoms with Crippen molar-refractivity contribution >= 4 is 11.8 Å². The maximum Gasteiger partial charge on any atom is 0.249 e. The number of nitrogens with zero attached hydrogens (tertiary/aromatic N) is 4. The Morgan fingerprint density at radius 1 is 1.14 bits per heavy atom. The molecule has 2 fully saturated rings. The lowest BCUT2D eigenvalue weighted by atomic mass is 9.78. The molecule has 1 atom stereocenters. The first-order chi connectivity index (χ1) is 18.0. The lowest BCUT2D eigenvalue weighted by Gasteiger charge is -2.45. The second-order valence-electron chi connectivity index (χ2n) is 10.4. The van der Waals surface area contributed by atoms with Crippen LogP contribution in [-0.4, -0.2) is 51.2 Å². The van der Waals surface area contributed by atoms with E-state index in [0.29, 0.717) is 37.8 Å². The van der Waals surface area contributed by atoms with E-state index in [1.807, 2.05) is 42.5 Å². The molecule has 2 heterocycles. The Morgan fingerprint density at radius 3 is 2.54 bits per heavy atom. The number of nitrogens with one attached hydrogen (secondary N) is 1. The molecular weight excluding hydrogens is 466 g/mol. The number of aliphatic hydroxyl groups excluding tert-OH is 1. The standard InChI is InChI=1S/C29H33N5O3/c1-2-3-13-29(32-33-29)14-11-26(36)34(24-16-20(17-24)19-35)27(28(37)31-23-9-10-23)25-18-22(12-15-30-25)21-7-5-4-6-8-21/h1,4-8,12,15,18,20,23-24,27,35H,3,9-11,13-14,16-17,19H2,(H,31,37). The van der Waals surface area contributed by atoms with Crippen LogP contribution in [0.2, 0.25) is 0 Å². The van der Waals surface area contributed by atoms with Crippen LogP contribution in [0.4, 0.5) is 0 Å². The molecule has 2 aliphatic carbocycles. The molecule has 8 heteroatoms. The predicted molar refractivity (Wildman–Crippen MR) is 139 cm³/mol. The molecule has 192 valence electrons. The summed E-state index contributed by atoms with van der Waals surface area (Å²) in [7, 11) is 0. The maximum atomic E-state index is 13.8. The highest BCUT2D eigenvalue weighted by molar-refractivity contribution is 5.89. The van der Waals surface area contributed by atoms with Crippen LogP contribution in [0.15, 0.2) is 58.9 Å². The Hall–Kier alpha value is -3.57. The number of terminal acetylenes is 1. The quantitative estimate of drug-likeness (QED) is 0.430. The zero-order valence-electron chi connectivity index (χ0n) is 20.9. The Labute approximate surface area is 217 Å². The first-order valence-electron chi connectivity index (χ1n) is 13.1. The molecule has 8 nitrogen and oxygen atoms in total. The van der Waals surface area contributed by atoms with Gasteiger partial charge in [-0.05, 0) is 54.9 Å². The van der Waals surface area contributed by atoms with Crippen LogP contribution in [-0.2, 0) is 9.59 Å². The fourth-order valence-electron chi connectivity index (χ4n) is 5.06. The predicted octanol–water partition coefficient (Wildman–Crippen LogP) is 4.02. The van der Waals surface area contributed by atoms with E-state index in [9.17, 15) is 14.7 Å². The van der Waals surface area contributed by atoms with Crippen molar-refractivity contribution < 1.29 is 14.7 Å². The Kier molecular flexibility index (Phi) is 7.33. The monoisotopic (exact) mass is 499 g/mol. The number of amides is 2. The van der Waals surface area contributed by atoms with Crippen LogP contribution in [0.25, 0.3) is 11.1 Å². The summed E-state index contributed by atoms with van der Waals surface area (Å²) in [6.07, 6.45) is 12.2. The molecule has 1 aromatic heterocycles. The first-order valence-corrected chi connectivity index (χ1v) is 13.1. The zero-order valence-corrected chi connectivity index (χ0v) is 20.9. The van der Waals surface area contributed by atoms with E-state index in [2.05, 4.69) is 26.4 Å². The van der Waals surface area contributed by atoms with Gasteiger partial charge >= 0.3 is 0 Å². The van der Waals surface area contributed by atoms with Crippen LogP contribution in [0, 0.1) is 18.3 Å². The summed E-state index contributed by atoms with van der Waals surface area (Å²) >= 11 is 0. The first kappa shape index (κ1) is 25.1. The van der Waals surface area contributed by atoms with Crippen molar-refractivity contribution in [2.45, 2.75) is 75.2 Å². The van der Waals surface area contributed by atoms with Crippen LogP contribution >= 0.6 is 0 Å². The molecule has 5 rings (SSSR count). The topological polar surface area (TPSA) is 107 Å². The number of carbonyl (C=O) groups is 2. The van der Waals surface area contributed by atoms with Gasteiger partial charge in [0.05, 0.1) is 5.69 Å². The van der Waals surface area contributed by atoms with Gasteiger partial charge in [0.1, 0.15) is 0 Å². The average Bonchev–Trinajstić information content (AvgIpc) is 3.83. The molecule has 2 saturated carbocycles. The Balaban J connectivity index is 1.44. The third-order valence-corrected chi connectivity index (χ3v) is 7.56. The normalized spacial score (nSPS) is 21.8. The largest absolute Gasteiger partial charge is 0.396 e. The number of hydrogen-bond acceptors (Lipinski definition) is 6. The fourth-order valence-corrected chi connectivity index (χ4v) is 5.06. The molecule has 0 radical (unpaired) electrons. The molecular formula is C29H33N5O3. The van der Waals surface area contributed by atoms with Gasteiger partial charge in [-0.25, -0.2) is 0 Å². The molecule has 3 aliphatic rings. The van der Waals surface area contributed by atoms with E-state index in [1.54, 1.807) is 11.1 Å². The molecule has 37 heavy (non-hydrogen) atoms. The zero-order chi connectivity index (χ0) is 25.8. The van der Waals surface area contributed by atoms with Gasteiger partial charge in [-0.2, -0.15) is 10.2 Å². The number of aromatic nitrogens is 1. The summed E-state index contributed by atoms with van der Waals surface area (Å²) in [6.45, 7) is 0.0756. The number of carbonyl (C=O) groups excluding carboxylic acids is 2. The van der Waals surface area contributed by atoms with Crippen molar-refractivity contribution in [3.05, 3.63) is 54.4 Å². The molecule has 1 aliphatic heterocycles. The number of hydrogen-bond donors (Lipinski definition) is 2. The minimum Gasteiger partial charge on any atom is -0.396 e. The third kappa shape index (κ3) is 5.89. The summed E-state index contributed by atoms with van der Waals surface area (Å²) in [6, 6.07) is 12.9. The van der Waals surface area contributed by atoms with E-state index in [0.717, 1.165) is 24.0 Å². The number of rotatable bonds is 12. The van der Waals surface area contributed by atoms with Gasteiger partial charge < -0.3 is 15.3 Å². The Bertz CT molecular complexity index is 1190. The summed E-state index contributed by atoms with van der Waals surface area (Å²) in [5.74, 6) is 2.42. The summed E-state index contributed by atoms with van der Waals surface area (Å²) in [5, 5.41) is 21.1. The van der Waals surface area contributed by atoms with Gasteiger partial charge in [0.25, 0.3) is 0 Å². The van der Waals surface area contributed by atoms with E-state index in [1.165, 1.54) is 0 Å². The highest BCUT2D eigenvalue weighted by Gasteiger charge is 2.45. The lowest BCUT2D eigenvalue weighted by Crippen LogP contribution is -2.54. The van der Waals surface area contributed by atoms with Crippen molar-refractivity contribution in [3.8, 4) is 23.5 Å². The van der Waals surface area contributed by atoms with Gasteiger partial charge in [0.15, 0.2) is 11.7 Å². The number of benzene rings is 1. The molecule has 2 N–H and O–H groups in total. The second kappa shape index (κ2) is 10.8. The van der Waals surface area contributed by atoms with Crippen LogP contribution in [0.5, 0.6) is 0 Å². The molecule has 2 aromatic rings. The highest BCUT2D eigenvalue weighted by Crippen LogP contribution is 2.41. The van der Waals surface area contributed by atoms with Crippen molar-refractivity contribution in [1.82, 2.24) is 15.2 Å². The minimum absolute atomic E-state index is 0.0756.